The summed E-state index contributed by atoms with van der Waals surface area (Å²) in [7, 11) is 0. The van der Waals surface area contributed by atoms with Gasteiger partial charge in [0.2, 0.25) is 0 Å². The lowest BCUT2D eigenvalue weighted by Gasteiger charge is -2.42. The Labute approximate surface area is 120 Å². The minimum absolute atomic E-state index is 0.0884. The summed E-state index contributed by atoms with van der Waals surface area (Å²) in [5.74, 6) is 1.59. The fourth-order valence-corrected chi connectivity index (χ4v) is 3.15. The number of ether oxygens (including phenoxy) is 1. The highest BCUT2D eigenvalue weighted by Crippen LogP contribution is 2.36. The van der Waals surface area contributed by atoms with E-state index >= 15 is 0 Å². The van der Waals surface area contributed by atoms with Gasteiger partial charge in [0.15, 0.2) is 0 Å². The molecule has 1 N–H and O–H groups in total. The molecule has 1 rings (SSSR count). The highest BCUT2D eigenvalue weighted by atomic mass is 16.5. The molecule has 0 aromatic carbocycles. The molecule has 0 bridgehead atoms. The molecule has 0 spiro atoms. The smallest absolute Gasteiger partial charge is 0.0810 e. The lowest BCUT2D eigenvalue weighted by atomic mass is 9.79. The van der Waals surface area contributed by atoms with Gasteiger partial charge in [-0.15, -0.1) is 0 Å². The summed E-state index contributed by atoms with van der Waals surface area (Å²) in [5.41, 5.74) is 0.0884. The summed E-state index contributed by atoms with van der Waals surface area (Å²) < 4.78 is 6.53. The Bertz CT molecular complexity index is 242. The van der Waals surface area contributed by atoms with E-state index in [-0.39, 0.29) is 5.60 Å². The van der Waals surface area contributed by atoms with Crippen LogP contribution in [-0.4, -0.2) is 24.3 Å². The molecule has 2 heteroatoms. The van der Waals surface area contributed by atoms with Crippen molar-refractivity contribution in [1.82, 2.24) is 5.32 Å². The van der Waals surface area contributed by atoms with Crippen LogP contribution < -0.4 is 5.32 Å². The van der Waals surface area contributed by atoms with Crippen molar-refractivity contribution in [3.05, 3.63) is 0 Å². The average molecular weight is 269 g/mol. The van der Waals surface area contributed by atoms with Crippen LogP contribution in [0.3, 0.4) is 0 Å². The van der Waals surface area contributed by atoms with Crippen molar-refractivity contribution < 1.29 is 4.74 Å². The number of hydrogen-bond acceptors (Lipinski definition) is 2. The SMILES string of the molecule is CC(C)CC(C)OC1(CNC(C)C)CCC(C)CC1. The lowest BCUT2D eigenvalue weighted by molar-refractivity contribution is -0.116. The number of nitrogens with one attached hydrogen (secondary N) is 1. The van der Waals surface area contributed by atoms with Gasteiger partial charge < -0.3 is 10.1 Å². The standard InChI is InChI=1S/C17H35NO/c1-13(2)11-16(6)19-17(12-18-14(3)4)9-7-15(5)8-10-17/h13-16,18H,7-12H2,1-6H3. The molecule has 19 heavy (non-hydrogen) atoms. The third-order valence-electron chi connectivity index (χ3n) is 4.27. The second kappa shape index (κ2) is 7.64. The quantitative estimate of drug-likeness (QED) is 0.740. The van der Waals surface area contributed by atoms with E-state index in [9.17, 15) is 0 Å². The Kier molecular flexibility index (Phi) is 6.82. The Hall–Kier alpha value is -0.0800. The van der Waals surface area contributed by atoms with E-state index in [2.05, 4.69) is 46.9 Å². The molecule has 1 saturated carbocycles. The monoisotopic (exact) mass is 269 g/mol. The van der Waals surface area contributed by atoms with Crippen LogP contribution in [0.4, 0.5) is 0 Å². The van der Waals surface area contributed by atoms with Crippen molar-refractivity contribution >= 4 is 0 Å². The molecule has 0 heterocycles. The van der Waals surface area contributed by atoms with Gasteiger partial charge in [0.25, 0.3) is 0 Å². The minimum atomic E-state index is 0.0884. The maximum Gasteiger partial charge on any atom is 0.0810 e. The Morgan fingerprint density at radius 3 is 2.16 bits per heavy atom. The molecule has 114 valence electrons. The highest BCUT2D eigenvalue weighted by molar-refractivity contribution is 4.89. The van der Waals surface area contributed by atoms with Crippen molar-refractivity contribution in [2.75, 3.05) is 6.54 Å². The molecular weight excluding hydrogens is 234 g/mol. The van der Waals surface area contributed by atoms with Gasteiger partial charge in [-0.2, -0.15) is 0 Å². The lowest BCUT2D eigenvalue weighted by Crippen LogP contribution is -2.49. The summed E-state index contributed by atoms with van der Waals surface area (Å²) in [5, 5.41) is 3.60. The molecule has 0 aliphatic heterocycles. The molecule has 1 aliphatic rings. The normalized spacial score (nSPS) is 30.0. The number of hydrogen-bond donors (Lipinski definition) is 1. The summed E-state index contributed by atoms with van der Waals surface area (Å²) in [6.07, 6.45) is 6.61. The van der Waals surface area contributed by atoms with E-state index in [0.29, 0.717) is 18.1 Å². The van der Waals surface area contributed by atoms with Gasteiger partial charge in [0, 0.05) is 12.6 Å². The van der Waals surface area contributed by atoms with E-state index in [1.165, 1.54) is 32.1 Å². The zero-order valence-electron chi connectivity index (χ0n) is 14.0. The predicted molar refractivity (Wildman–Crippen MR) is 83.5 cm³/mol. The molecule has 2 nitrogen and oxygen atoms in total. The molecule has 1 fully saturated rings. The van der Waals surface area contributed by atoms with Crippen molar-refractivity contribution in [2.24, 2.45) is 11.8 Å². The maximum absolute atomic E-state index is 6.53. The van der Waals surface area contributed by atoms with E-state index < -0.39 is 0 Å². The molecule has 1 aliphatic carbocycles. The predicted octanol–water partition coefficient (Wildman–Crippen LogP) is 4.38. The van der Waals surface area contributed by atoms with E-state index in [0.717, 1.165) is 12.5 Å². The maximum atomic E-state index is 6.53. The zero-order chi connectivity index (χ0) is 14.5. The van der Waals surface area contributed by atoms with Crippen LogP contribution in [0, 0.1) is 11.8 Å². The number of rotatable bonds is 7. The summed E-state index contributed by atoms with van der Waals surface area (Å²) in [6.45, 7) is 14.6. The van der Waals surface area contributed by atoms with Crippen LogP contribution in [0.25, 0.3) is 0 Å². The van der Waals surface area contributed by atoms with Gasteiger partial charge in [-0.1, -0.05) is 34.6 Å². The van der Waals surface area contributed by atoms with Gasteiger partial charge in [0.1, 0.15) is 0 Å². The zero-order valence-corrected chi connectivity index (χ0v) is 14.0. The Morgan fingerprint density at radius 1 is 1.11 bits per heavy atom. The molecule has 1 atom stereocenters. The van der Waals surface area contributed by atoms with Crippen molar-refractivity contribution in [3.8, 4) is 0 Å². The third kappa shape index (κ3) is 6.27. The molecule has 1 unspecified atom stereocenters. The van der Waals surface area contributed by atoms with Gasteiger partial charge in [-0.05, 0) is 50.9 Å². The molecule has 0 radical (unpaired) electrons. The Balaban J connectivity index is 2.58. The van der Waals surface area contributed by atoms with Crippen LogP contribution in [-0.2, 0) is 4.74 Å². The molecule has 0 aromatic rings. The molecule has 0 amide bonds. The van der Waals surface area contributed by atoms with Crippen LogP contribution in [0.15, 0.2) is 0 Å². The summed E-state index contributed by atoms with van der Waals surface area (Å²) >= 11 is 0. The first-order valence-corrected chi connectivity index (χ1v) is 8.24. The van der Waals surface area contributed by atoms with Gasteiger partial charge >= 0.3 is 0 Å². The topological polar surface area (TPSA) is 21.3 Å². The fourth-order valence-electron chi connectivity index (χ4n) is 3.15. The van der Waals surface area contributed by atoms with E-state index in [4.69, 9.17) is 4.74 Å². The molecule has 0 aromatic heterocycles. The van der Waals surface area contributed by atoms with Crippen LogP contribution in [0.2, 0.25) is 0 Å². The second-order valence-electron chi connectivity index (χ2n) is 7.46. The van der Waals surface area contributed by atoms with E-state index in [1.54, 1.807) is 0 Å². The second-order valence-corrected chi connectivity index (χ2v) is 7.46. The first-order valence-electron chi connectivity index (χ1n) is 8.24. The third-order valence-corrected chi connectivity index (χ3v) is 4.27. The van der Waals surface area contributed by atoms with Crippen molar-refractivity contribution in [2.45, 2.75) is 91.4 Å². The first-order chi connectivity index (χ1) is 8.83. The van der Waals surface area contributed by atoms with Crippen LogP contribution in [0.5, 0.6) is 0 Å². The van der Waals surface area contributed by atoms with Crippen molar-refractivity contribution in [3.63, 3.8) is 0 Å². The van der Waals surface area contributed by atoms with Gasteiger partial charge in [-0.25, -0.2) is 0 Å². The summed E-state index contributed by atoms with van der Waals surface area (Å²) in [4.78, 5) is 0. The molecule has 0 saturated heterocycles. The van der Waals surface area contributed by atoms with E-state index in [1.807, 2.05) is 0 Å². The fraction of sp³-hybridized carbons (Fsp3) is 1.00. The van der Waals surface area contributed by atoms with Crippen LogP contribution >= 0.6 is 0 Å². The van der Waals surface area contributed by atoms with Gasteiger partial charge in [-0.3, -0.25) is 0 Å². The van der Waals surface area contributed by atoms with Crippen molar-refractivity contribution in [1.29, 1.82) is 0 Å². The summed E-state index contributed by atoms with van der Waals surface area (Å²) in [6, 6.07) is 0.542. The highest BCUT2D eigenvalue weighted by Gasteiger charge is 2.36. The van der Waals surface area contributed by atoms with Crippen LogP contribution in [0.1, 0.15) is 73.6 Å². The first kappa shape index (κ1) is 17.0. The Morgan fingerprint density at radius 2 is 1.68 bits per heavy atom. The average Bonchev–Trinajstić information content (AvgIpc) is 2.29. The molecular formula is C17H35NO. The van der Waals surface area contributed by atoms with Gasteiger partial charge in [0.05, 0.1) is 11.7 Å². The minimum Gasteiger partial charge on any atom is -0.371 e. The largest absolute Gasteiger partial charge is 0.371 e.